The molecule has 2 amide bonds. The maximum Gasteiger partial charge on any atom is 0.448 e. The molecule has 0 bridgehead atoms. The van der Waals surface area contributed by atoms with E-state index in [4.69, 9.17) is 4.74 Å². The first-order valence-corrected chi connectivity index (χ1v) is 7.77. The number of hydrogen-bond acceptors (Lipinski definition) is 5. The van der Waals surface area contributed by atoms with Crippen LogP contribution in [0.3, 0.4) is 0 Å². The topological polar surface area (TPSA) is 85.9 Å². The SMILES string of the molecule is CCOC(=O)[C@](NC(=O)NCc1ccccc1OC)(OCC)C(F)(F)F. The molecule has 0 aromatic heterocycles. The van der Waals surface area contributed by atoms with Crippen molar-refractivity contribution in [3.8, 4) is 5.75 Å². The third kappa shape index (κ3) is 5.01. The van der Waals surface area contributed by atoms with Gasteiger partial charge in [-0.1, -0.05) is 18.2 Å². The highest BCUT2D eigenvalue weighted by molar-refractivity contribution is 5.87. The lowest BCUT2D eigenvalue weighted by molar-refractivity contribution is -0.283. The van der Waals surface area contributed by atoms with Crippen LogP contribution in [-0.4, -0.2) is 44.2 Å². The van der Waals surface area contributed by atoms with Crippen molar-refractivity contribution in [2.24, 2.45) is 0 Å². The first-order valence-electron chi connectivity index (χ1n) is 7.77. The Labute approximate surface area is 148 Å². The number of carbonyl (C=O) groups excluding carboxylic acids is 2. The smallest absolute Gasteiger partial charge is 0.448 e. The number of rotatable bonds is 8. The van der Waals surface area contributed by atoms with Crippen LogP contribution in [0.2, 0.25) is 0 Å². The zero-order valence-electron chi connectivity index (χ0n) is 14.6. The first kappa shape index (κ1) is 21.6. The van der Waals surface area contributed by atoms with Crippen LogP contribution in [0.25, 0.3) is 0 Å². The number of urea groups is 1. The van der Waals surface area contributed by atoms with E-state index in [-0.39, 0.29) is 13.2 Å². The van der Waals surface area contributed by atoms with Gasteiger partial charge in [-0.25, -0.2) is 9.59 Å². The maximum absolute atomic E-state index is 13.5. The van der Waals surface area contributed by atoms with E-state index in [2.05, 4.69) is 14.8 Å². The fraction of sp³-hybridized carbons (Fsp3) is 0.500. The van der Waals surface area contributed by atoms with Gasteiger partial charge in [-0.3, -0.25) is 5.32 Å². The van der Waals surface area contributed by atoms with Gasteiger partial charge in [0.25, 0.3) is 0 Å². The van der Waals surface area contributed by atoms with Crippen LogP contribution in [0.5, 0.6) is 5.75 Å². The first-order chi connectivity index (χ1) is 12.2. The largest absolute Gasteiger partial charge is 0.496 e. The van der Waals surface area contributed by atoms with Crippen molar-refractivity contribution < 1.29 is 37.0 Å². The number of nitrogens with one attached hydrogen (secondary N) is 2. The summed E-state index contributed by atoms with van der Waals surface area (Å²) in [6, 6.07) is 5.38. The number of carbonyl (C=O) groups is 2. The van der Waals surface area contributed by atoms with Crippen LogP contribution in [0.15, 0.2) is 24.3 Å². The number of benzene rings is 1. The fourth-order valence-electron chi connectivity index (χ4n) is 2.09. The Hall–Kier alpha value is -2.49. The molecule has 0 saturated heterocycles. The van der Waals surface area contributed by atoms with Crippen LogP contribution in [-0.2, 0) is 20.8 Å². The molecule has 10 heteroatoms. The molecule has 0 radical (unpaired) electrons. The van der Waals surface area contributed by atoms with Crippen LogP contribution in [0, 0.1) is 0 Å². The molecule has 0 aliphatic rings. The molecule has 0 saturated carbocycles. The standard InChI is InChI=1S/C16H21F3N2O5/c1-4-25-13(22)15(26-5-2,16(17,18)19)21-14(23)20-10-11-8-6-7-9-12(11)24-3/h6-9H,4-5,10H2,1-3H3,(H2,20,21,23)/t15-/m0/s1. The number of amides is 2. The molecule has 0 fully saturated rings. The Morgan fingerprint density at radius 2 is 1.77 bits per heavy atom. The van der Waals surface area contributed by atoms with E-state index < -0.39 is 30.5 Å². The van der Waals surface area contributed by atoms with Crippen LogP contribution in [0.1, 0.15) is 19.4 Å². The van der Waals surface area contributed by atoms with Gasteiger partial charge in [0, 0.05) is 18.7 Å². The van der Waals surface area contributed by atoms with Gasteiger partial charge in [0.1, 0.15) is 5.75 Å². The maximum atomic E-state index is 13.5. The predicted octanol–water partition coefficient (Wildman–Crippen LogP) is 2.35. The number of para-hydroxylation sites is 1. The number of halogens is 3. The molecule has 2 N–H and O–H groups in total. The molecule has 1 atom stereocenters. The van der Waals surface area contributed by atoms with E-state index in [1.165, 1.54) is 21.0 Å². The number of ether oxygens (including phenoxy) is 3. The Bertz CT molecular complexity index is 624. The summed E-state index contributed by atoms with van der Waals surface area (Å²) >= 11 is 0. The van der Waals surface area contributed by atoms with Crippen molar-refractivity contribution in [3.05, 3.63) is 29.8 Å². The minimum absolute atomic E-state index is 0.126. The van der Waals surface area contributed by atoms with Gasteiger partial charge < -0.3 is 19.5 Å². The van der Waals surface area contributed by atoms with E-state index in [0.29, 0.717) is 11.3 Å². The van der Waals surface area contributed by atoms with Gasteiger partial charge >= 0.3 is 23.9 Å². The van der Waals surface area contributed by atoms with Crippen molar-refractivity contribution >= 4 is 12.0 Å². The van der Waals surface area contributed by atoms with Gasteiger partial charge in [-0.15, -0.1) is 0 Å². The summed E-state index contributed by atoms with van der Waals surface area (Å²) < 4.78 is 54.6. The second-order valence-electron chi connectivity index (χ2n) is 4.95. The lowest BCUT2D eigenvalue weighted by Crippen LogP contribution is -2.67. The second kappa shape index (κ2) is 9.27. The van der Waals surface area contributed by atoms with E-state index in [1.807, 2.05) is 0 Å². The summed E-state index contributed by atoms with van der Waals surface area (Å²) in [5, 5.41) is 3.79. The van der Waals surface area contributed by atoms with Crippen molar-refractivity contribution in [1.82, 2.24) is 10.6 Å². The Morgan fingerprint density at radius 3 is 2.31 bits per heavy atom. The highest BCUT2D eigenvalue weighted by atomic mass is 19.4. The predicted molar refractivity (Wildman–Crippen MR) is 85.4 cm³/mol. The molecule has 7 nitrogen and oxygen atoms in total. The molecule has 146 valence electrons. The summed E-state index contributed by atoms with van der Waals surface area (Å²) in [5.74, 6) is -1.30. The van der Waals surface area contributed by atoms with Crippen molar-refractivity contribution in [1.29, 1.82) is 0 Å². The lowest BCUT2D eigenvalue weighted by atomic mass is 10.2. The fourth-order valence-corrected chi connectivity index (χ4v) is 2.09. The van der Waals surface area contributed by atoms with Crippen LogP contribution in [0.4, 0.5) is 18.0 Å². The lowest BCUT2D eigenvalue weighted by Gasteiger charge is -2.33. The average Bonchev–Trinajstić information content (AvgIpc) is 2.58. The van der Waals surface area contributed by atoms with E-state index in [1.54, 1.807) is 29.6 Å². The Morgan fingerprint density at radius 1 is 1.12 bits per heavy atom. The molecular weight excluding hydrogens is 357 g/mol. The summed E-state index contributed by atoms with van der Waals surface area (Å²) in [4.78, 5) is 23.9. The molecule has 1 aromatic carbocycles. The monoisotopic (exact) mass is 378 g/mol. The van der Waals surface area contributed by atoms with E-state index in [0.717, 1.165) is 0 Å². The van der Waals surface area contributed by atoms with Crippen LogP contribution < -0.4 is 15.4 Å². The molecule has 1 rings (SSSR count). The zero-order valence-corrected chi connectivity index (χ0v) is 14.6. The molecule has 0 unspecified atom stereocenters. The van der Waals surface area contributed by atoms with Crippen LogP contribution >= 0.6 is 0 Å². The average molecular weight is 378 g/mol. The van der Waals surface area contributed by atoms with Gasteiger partial charge in [0.2, 0.25) is 0 Å². The van der Waals surface area contributed by atoms with E-state index in [9.17, 15) is 22.8 Å². The molecule has 0 aliphatic carbocycles. The molecular formula is C16H21F3N2O5. The number of hydrogen-bond donors (Lipinski definition) is 2. The van der Waals surface area contributed by atoms with Gasteiger partial charge in [-0.05, 0) is 19.9 Å². The summed E-state index contributed by atoms with van der Waals surface area (Å²) in [6.07, 6.45) is -5.23. The van der Waals surface area contributed by atoms with Crippen molar-refractivity contribution in [2.75, 3.05) is 20.3 Å². The summed E-state index contributed by atoms with van der Waals surface area (Å²) in [6.45, 7) is 1.68. The Kier molecular flexibility index (Phi) is 7.69. The summed E-state index contributed by atoms with van der Waals surface area (Å²) in [5.41, 5.74) is -3.06. The van der Waals surface area contributed by atoms with Crippen molar-refractivity contribution in [3.63, 3.8) is 0 Å². The minimum Gasteiger partial charge on any atom is -0.496 e. The number of esters is 1. The second-order valence-corrected chi connectivity index (χ2v) is 4.95. The Balaban J connectivity index is 2.96. The number of methoxy groups -OCH3 is 1. The molecule has 0 heterocycles. The summed E-state index contributed by atoms with van der Waals surface area (Å²) in [7, 11) is 1.42. The molecule has 0 aliphatic heterocycles. The third-order valence-corrected chi connectivity index (χ3v) is 3.24. The van der Waals surface area contributed by atoms with Gasteiger partial charge in [0.05, 0.1) is 13.7 Å². The highest BCUT2D eigenvalue weighted by Crippen LogP contribution is 2.33. The molecule has 26 heavy (non-hydrogen) atoms. The zero-order chi connectivity index (χ0) is 19.8. The normalized spacial score (nSPS) is 13.5. The van der Waals surface area contributed by atoms with Gasteiger partial charge in [0.15, 0.2) is 0 Å². The quantitative estimate of drug-likeness (QED) is 0.536. The molecule has 1 aromatic rings. The molecule has 0 spiro atoms. The van der Waals surface area contributed by atoms with Gasteiger partial charge in [-0.2, -0.15) is 13.2 Å². The van der Waals surface area contributed by atoms with E-state index >= 15 is 0 Å². The third-order valence-electron chi connectivity index (χ3n) is 3.24. The van der Waals surface area contributed by atoms with Crippen molar-refractivity contribution in [2.45, 2.75) is 32.3 Å². The highest BCUT2D eigenvalue weighted by Gasteiger charge is 2.64. The minimum atomic E-state index is -5.23. The number of alkyl halides is 3.